The van der Waals surface area contributed by atoms with Gasteiger partial charge in [-0.1, -0.05) is 74.4 Å². The molecule has 0 saturated carbocycles. The topological polar surface area (TPSA) is 12.0 Å². The molecule has 3 rings (SSSR count). The first-order chi connectivity index (χ1) is 13.3. The van der Waals surface area contributed by atoms with Crippen molar-refractivity contribution >= 4 is 23.2 Å². The van der Waals surface area contributed by atoms with Crippen molar-refractivity contribution < 1.29 is 0 Å². The summed E-state index contributed by atoms with van der Waals surface area (Å²) in [6.45, 7) is 2.28. The van der Waals surface area contributed by atoms with E-state index < -0.39 is 7.26 Å². The molecule has 0 bridgehead atoms. The maximum atomic E-state index is 3.75. The van der Waals surface area contributed by atoms with E-state index in [1.807, 2.05) is 0 Å². The lowest BCUT2D eigenvalue weighted by molar-refractivity contribution is 0.599. The fourth-order valence-corrected chi connectivity index (χ4v) is 8.95. The molecular formula is C25H31NP+. The first kappa shape index (κ1) is 19.8. The van der Waals surface area contributed by atoms with E-state index in [1.54, 1.807) is 0 Å². The van der Waals surface area contributed by atoms with E-state index in [0.717, 1.165) is 0 Å². The zero-order chi connectivity index (χ0) is 19.0. The molecule has 27 heavy (non-hydrogen) atoms. The third kappa shape index (κ3) is 4.15. The Hall–Kier alpha value is -1.95. The summed E-state index contributed by atoms with van der Waals surface area (Å²) in [5.41, 5.74) is 0. The zero-order valence-corrected chi connectivity index (χ0v) is 17.4. The highest BCUT2D eigenvalue weighted by Crippen LogP contribution is 2.59. The van der Waals surface area contributed by atoms with Gasteiger partial charge in [-0.15, -0.1) is 0 Å². The lowest BCUT2D eigenvalue weighted by atomic mass is 10.2. The van der Waals surface area contributed by atoms with Gasteiger partial charge in [0, 0.05) is 0 Å². The fraction of sp³-hybridized carbons (Fsp3) is 0.280. The van der Waals surface area contributed by atoms with E-state index in [2.05, 4.69) is 110 Å². The third-order valence-electron chi connectivity index (χ3n) is 5.37. The van der Waals surface area contributed by atoms with Crippen LogP contribution < -0.4 is 21.2 Å². The largest absolute Gasteiger partial charge is 0.285 e. The highest BCUT2D eigenvalue weighted by molar-refractivity contribution is 7.96. The van der Waals surface area contributed by atoms with Crippen molar-refractivity contribution in [3.05, 3.63) is 91.0 Å². The fourth-order valence-electron chi connectivity index (χ4n) is 4.10. The van der Waals surface area contributed by atoms with Crippen LogP contribution in [0.1, 0.15) is 32.6 Å². The highest BCUT2D eigenvalue weighted by atomic mass is 31.2. The molecule has 0 saturated heterocycles. The predicted molar refractivity (Wildman–Crippen MR) is 122 cm³/mol. The van der Waals surface area contributed by atoms with Crippen molar-refractivity contribution in [2.45, 2.75) is 38.4 Å². The molecule has 0 aliphatic heterocycles. The van der Waals surface area contributed by atoms with Gasteiger partial charge >= 0.3 is 0 Å². The van der Waals surface area contributed by atoms with E-state index >= 15 is 0 Å². The number of benzene rings is 3. The standard InChI is InChI=1S/C25H31NP/c1-3-4-8-21-25(26-2)27(22-15-9-5-10-16-22,23-17-11-6-12-18-23)24-19-13-7-14-20-24/h5-7,9-20,25-26H,3-4,8,21H2,1-2H3/q+1. The Bertz CT molecular complexity index is 690. The molecule has 1 nitrogen and oxygen atoms in total. The van der Waals surface area contributed by atoms with Gasteiger partial charge in [-0.2, -0.15) is 0 Å². The monoisotopic (exact) mass is 376 g/mol. The van der Waals surface area contributed by atoms with E-state index in [4.69, 9.17) is 0 Å². The highest BCUT2D eigenvalue weighted by Gasteiger charge is 2.51. The van der Waals surface area contributed by atoms with E-state index in [9.17, 15) is 0 Å². The number of hydrogen-bond acceptors (Lipinski definition) is 1. The van der Waals surface area contributed by atoms with Crippen LogP contribution in [0.25, 0.3) is 0 Å². The molecule has 0 heterocycles. The number of rotatable bonds is 9. The summed E-state index contributed by atoms with van der Waals surface area (Å²) >= 11 is 0. The Balaban J connectivity index is 2.25. The van der Waals surface area contributed by atoms with Crippen LogP contribution in [0.4, 0.5) is 0 Å². The van der Waals surface area contributed by atoms with Crippen molar-refractivity contribution in [1.82, 2.24) is 5.32 Å². The van der Waals surface area contributed by atoms with Crippen LogP contribution in [-0.4, -0.2) is 12.8 Å². The minimum absolute atomic E-state index is 0.427. The van der Waals surface area contributed by atoms with Crippen LogP contribution in [0, 0.1) is 0 Å². The van der Waals surface area contributed by atoms with Crippen molar-refractivity contribution in [3.8, 4) is 0 Å². The smallest absolute Gasteiger partial charge is 0.133 e. The van der Waals surface area contributed by atoms with Crippen molar-refractivity contribution in [2.75, 3.05) is 7.05 Å². The molecule has 3 aromatic carbocycles. The molecule has 0 aliphatic rings. The van der Waals surface area contributed by atoms with E-state index in [1.165, 1.54) is 41.6 Å². The molecule has 1 unspecified atom stereocenters. The van der Waals surface area contributed by atoms with Crippen molar-refractivity contribution in [1.29, 1.82) is 0 Å². The van der Waals surface area contributed by atoms with Crippen LogP contribution in [0.3, 0.4) is 0 Å². The third-order valence-corrected chi connectivity index (χ3v) is 10.2. The molecule has 3 aromatic rings. The number of unbranched alkanes of at least 4 members (excludes halogenated alkanes) is 2. The lowest BCUT2D eigenvalue weighted by Gasteiger charge is -2.34. The second kappa shape index (κ2) is 9.83. The molecule has 140 valence electrons. The second-order valence-corrected chi connectivity index (χ2v) is 10.6. The van der Waals surface area contributed by atoms with Crippen LogP contribution in [0.2, 0.25) is 0 Å². The molecule has 1 atom stereocenters. The molecule has 0 aromatic heterocycles. The van der Waals surface area contributed by atoms with Gasteiger partial charge in [-0.25, -0.2) is 0 Å². The van der Waals surface area contributed by atoms with Gasteiger partial charge in [-0.3, -0.25) is 5.32 Å². The Morgan fingerprint density at radius 3 is 1.41 bits per heavy atom. The van der Waals surface area contributed by atoms with Crippen LogP contribution in [-0.2, 0) is 0 Å². The maximum absolute atomic E-state index is 3.75. The number of nitrogens with one attached hydrogen (secondary N) is 1. The summed E-state index contributed by atoms with van der Waals surface area (Å²) < 4.78 is 0. The molecule has 0 amide bonds. The molecule has 2 heteroatoms. The Kier molecular flexibility index (Phi) is 7.21. The van der Waals surface area contributed by atoms with Gasteiger partial charge in [0.1, 0.15) is 29.0 Å². The SMILES string of the molecule is CCCCCC(NC)[P+](c1ccccc1)(c1ccccc1)c1ccccc1. The van der Waals surface area contributed by atoms with Gasteiger partial charge in [0.15, 0.2) is 0 Å². The molecule has 1 N–H and O–H groups in total. The minimum atomic E-state index is -1.81. The molecular weight excluding hydrogens is 345 g/mol. The van der Waals surface area contributed by atoms with Gasteiger partial charge in [0.25, 0.3) is 0 Å². The van der Waals surface area contributed by atoms with Gasteiger partial charge in [0.05, 0.1) is 0 Å². The summed E-state index contributed by atoms with van der Waals surface area (Å²) in [7, 11) is 0.324. The minimum Gasteiger partial charge on any atom is -0.285 e. The van der Waals surface area contributed by atoms with Crippen LogP contribution in [0.5, 0.6) is 0 Å². The van der Waals surface area contributed by atoms with Crippen molar-refractivity contribution in [2.24, 2.45) is 0 Å². The average Bonchev–Trinajstić information content (AvgIpc) is 2.75. The van der Waals surface area contributed by atoms with Gasteiger partial charge in [-0.05, 0) is 56.3 Å². The first-order valence-electron chi connectivity index (χ1n) is 10.1. The Morgan fingerprint density at radius 2 is 1.07 bits per heavy atom. The maximum Gasteiger partial charge on any atom is 0.133 e. The van der Waals surface area contributed by atoms with Gasteiger partial charge in [0.2, 0.25) is 0 Å². The van der Waals surface area contributed by atoms with Gasteiger partial charge < -0.3 is 0 Å². The van der Waals surface area contributed by atoms with Crippen molar-refractivity contribution in [3.63, 3.8) is 0 Å². The predicted octanol–water partition coefficient (Wildman–Crippen LogP) is 5.11. The Morgan fingerprint density at radius 1 is 0.667 bits per heavy atom. The summed E-state index contributed by atoms with van der Waals surface area (Å²) in [4.78, 5) is 0. The quantitative estimate of drug-likeness (QED) is 0.404. The second-order valence-electron chi connectivity index (χ2n) is 7.03. The lowest BCUT2D eigenvalue weighted by Crippen LogP contribution is -2.44. The van der Waals surface area contributed by atoms with E-state index in [-0.39, 0.29) is 0 Å². The van der Waals surface area contributed by atoms with Crippen LogP contribution >= 0.6 is 7.26 Å². The average molecular weight is 377 g/mol. The summed E-state index contributed by atoms with van der Waals surface area (Å²) in [6, 6.07) is 33.5. The first-order valence-corrected chi connectivity index (χ1v) is 11.9. The zero-order valence-electron chi connectivity index (χ0n) is 16.5. The summed E-state index contributed by atoms with van der Waals surface area (Å²) in [5.74, 6) is 0.427. The van der Waals surface area contributed by atoms with E-state index in [0.29, 0.717) is 5.78 Å². The molecule has 0 fully saturated rings. The molecule has 0 radical (unpaired) electrons. The number of hydrogen-bond donors (Lipinski definition) is 1. The molecule has 0 spiro atoms. The normalized spacial score (nSPS) is 12.7. The Labute approximate surface area is 165 Å². The van der Waals surface area contributed by atoms with Crippen LogP contribution in [0.15, 0.2) is 91.0 Å². The summed E-state index contributed by atoms with van der Waals surface area (Å²) in [6.07, 6.45) is 4.99. The summed E-state index contributed by atoms with van der Waals surface area (Å²) in [5, 5.41) is 8.12. The molecule has 0 aliphatic carbocycles.